The summed E-state index contributed by atoms with van der Waals surface area (Å²) in [7, 11) is -2.91. The molecule has 2 aliphatic rings. The zero-order valence-corrected chi connectivity index (χ0v) is 15.1. The van der Waals surface area contributed by atoms with Gasteiger partial charge in [-0.15, -0.1) is 0 Å². The van der Waals surface area contributed by atoms with Gasteiger partial charge in [-0.25, -0.2) is 13.4 Å². The summed E-state index contributed by atoms with van der Waals surface area (Å²) in [5, 5.41) is 3.28. The lowest BCUT2D eigenvalue weighted by Gasteiger charge is -2.29. The largest absolute Gasteiger partial charge is 0.366 e. The summed E-state index contributed by atoms with van der Waals surface area (Å²) in [6.07, 6.45) is 1.62. The van der Waals surface area contributed by atoms with Gasteiger partial charge in [0.2, 0.25) is 5.95 Å². The van der Waals surface area contributed by atoms with Crippen molar-refractivity contribution in [2.24, 2.45) is 0 Å². The third kappa shape index (κ3) is 3.61. The molecular formula is C18H22N4O2S. The number of benzene rings is 1. The Morgan fingerprint density at radius 1 is 1.20 bits per heavy atom. The van der Waals surface area contributed by atoms with Crippen LogP contribution in [0.15, 0.2) is 30.3 Å². The number of sulfone groups is 1. The minimum absolute atomic E-state index is 0.0609. The van der Waals surface area contributed by atoms with E-state index in [9.17, 15) is 8.42 Å². The third-order valence-electron chi connectivity index (χ3n) is 4.84. The van der Waals surface area contributed by atoms with Crippen LogP contribution in [0.4, 0.5) is 11.8 Å². The minimum atomic E-state index is -2.91. The van der Waals surface area contributed by atoms with Crippen molar-refractivity contribution in [1.82, 2.24) is 9.97 Å². The predicted octanol–water partition coefficient (Wildman–Crippen LogP) is 1.95. The smallest absolute Gasteiger partial charge is 0.227 e. The lowest BCUT2D eigenvalue weighted by molar-refractivity contribution is 0.602. The Morgan fingerprint density at radius 3 is 2.76 bits per heavy atom. The number of aromatic nitrogens is 2. The maximum Gasteiger partial charge on any atom is 0.227 e. The van der Waals surface area contributed by atoms with Gasteiger partial charge in [0.15, 0.2) is 9.84 Å². The summed E-state index contributed by atoms with van der Waals surface area (Å²) in [6, 6.07) is 10.3. The molecule has 0 saturated carbocycles. The average molecular weight is 358 g/mol. The summed E-state index contributed by atoms with van der Waals surface area (Å²) in [6.45, 7) is 3.63. The van der Waals surface area contributed by atoms with E-state index < -0.39 is 9.84 Å². The molecule has 4 rings (SSSR count). The highest BCUT2D eigenvalue weighted by Gasteiger charge is 2.28. The third-order valence-corrected chi connectivity index (χ3v) is 6.61. The van der Waals surface area contributed by atoms with Gasteiger partial charge in [0.25, 0.3) is 0 Å². The highest BCUT2D eigenvalue weighted by Crippen LogP contribution is 2.24. The van der Waals surface area contributed by atoms with Gasteiger partial charge in [-0.1, -0.05) is 24.3 Å². The minimum Gasteiger partial charge on any atom is -0.366 e. The van der Waals surface area contributed by atoms with Crippen LogP contribution in [0.25, 0.3) is 0 Å². The van der Waals surface area contributed by atoms with Crippen LogP contribution in [-0.4, -0.2) is 42.5 Å². The first-order valence-electron chi connectivity index (χ1n) is 8.63. The van der Waals surface area contributed by atoms with Gasteiger partial charge < -0.3 is 10.2 Å². The van der Waals surface area contributed by atoms with E-state index in [2.05, 4.69) is 44.5 Å². The second-order valence-electron chi connectivity index (χ2n) is 6.88. The topological polar surface area (TPSA) is 75.2 Å². The van der Waals surface area contributed by atoms with Gasteiger partial charge >= 0.3 is 0 Å². The number of hydrogen-bond acceptors (Lipinski definition) is 6. The summed E-state index contributed by atoms with van der Waals surface area (Å²) < 4.78 is 23.3. The Hall–Kier alpha value is -2.15. The number of nitrogens with one attached hydrogen (secondary N) is 1. The van der Waals surface area contributed by atoms with E-state index in [-0.39, 0.29) is 17.5 Å². The lowest BCUT2D eigenvalue weighted by Crippen LogP contribution is -2.32. The zero-order chi connectivity index (χ0) is 17.4. The van der Waals surface area contributed by atoms with Crippen LogP contribution < -0.4 is 10.2 Å². The van der Waals surface area contributed by atoms with Gasteiger partial charge in [-0.05, 0) is 30.9 Å². The number of aryl methyl sites for hydroxylation is 1. The molecular weight excluding hydrogens is 336 g/mol. The predicted molar refractivity (Wildman–Crippen MR) is 98.6 cm³/mol. The van der Waals surface area contributed by atoms with E-state index in [1.54, 1.807) is 0 Å². The average Bonchev–Trinajstić information content (AvgIpc) is 2.92. The molecule has 2 aliphatic heterocycles. The molecule has 1 aromatic carbocycles. The highest BCUT2D eigenvalue weighted by molar-refractivity contribution is 7.91. The van der Waals surface area contributed by atoms with Crippen molar-refractivity contribution in [3.63, 3.8) is 0 Å². The van der Waals surface area contributed by atoms with E-state index in [0.717, 1.165) is 25.2 Å². The van der Waals surface area contributed by atoms with Crippen LogP contribution in [0, 0.1) is 6.92 Å². The monoisotopic (exact) mass is 358 g/mol. The lowest BCUT2D eigenvalue weighted by atomic mass is 10.0. The molecule has 2 aromatic rings. The van der Waals surface area contributed by atoms with E-state index in [1.165, 1.54) is 11.1 Å². The standard InChI is InChI=1S/C18H22N4O2S/c1-13-10-17(20-16-7-9-25(23,24)12-16)21-18(19-13)22-8-6-14-4-2-3-5-15(14)11-22/h2-5,10,16H,6-9,11-12H2,1H3,(H,19,20,21). The van der Waals surface area contributed by atoms with Crippen molar-refractivity contribution in [2.45, 2.75) is 32.4 Å². The number of fused-ring (bicyclic) bond motifs is 1. The number of anilines is 2. The molecule has 1 N–H and O–H groups in total. The van der Waals surface area contributed by atoms with E-state index in [1.807, 2.05) is 13.0 Å². The molecule has 1 unspecified atom stereocenters. The summed E-state index contributed by atoms with van der Waals surface area (Å²) in [4.78, 5) is 11.4. The Labute approximate surface area is 148 Å². The van der Waals surface area contributed by atoms with Crippen molar-refractivity contribution in [3.8, 4) is 0 Å². The summed E-state index contributed by atoms with van der Waals surface area (Å²) >= 11 is 0. The van der Waals surface area contributed by atoms with Gasteiger partial charge in [0.05, 0.1) is 11.5 Å². The first-order valence-corrected chi connectivity index (χ1v) is 10.4. The number of rotatable bonds is 3. The Bertz CT molecular complexity index is 898. The van der Waals surface area contributed by atoms with Gasteiger partial charge in [0.1, 0.15) is 5.82 Å². The number of hydrogen-bond donors (Lipinski definition) is 1. The molecule has 0 spiro atoms. The normalized spacial score (nSPS) is 21.8. The van der Waals surface area contributed by atoms with Crippen LogP contribution in [0.1, 0.15) is 23.2 Å². The molecule has 3 heterocycles. The second-order valence-corrected chi connectivity index (χ2v) is 9.11. The van der Waals surface area contributed by atoms with Crippen LogP contribution in [0.3, 0.4) is 0 Å². The first kappa shape index (κ1) is 16.3. The molecule has 25 heavy (non-hydrogen) atoms. The van der Waals surface area contributed by atoms with Crippen molar-refractivity contribution in [1.29, 1.82) is 0 Å². The quantitative estimate of drug-likeness (QED) is 0.904. The highest BCUT2D eigenvalue weighted by atomic mass is 32.2. The Kier molecular flexibility index (Phi) is 4.11. The molecule has 0 bridgehead atoms. The fourth-order valence-electron chi connectivity index (χ4n) is 3.55. The van der Waals surface area contributed by atoms with Crippen LogP contribution in [0.2, 0.25) is 0 Å². The van der Waals surface area contributed by atoms with E-state index in [0.29, 0.717) is 18.2 Å². The fraction of sp³-hybridized carbons (Fsp3) is 0.444. The molecule has 0 radical (unpaired) electrons. The fourth-order valence-corrected chi connectivity index (χ4v) is 5.23. The van der Waals surface area contributed by atoms with E-state index in [4.69, 9.17) is 0 Å². The van der Waals surface area contributed by atoms with Gasteiger partial charge in [-0.3, -0.25) is 0 Å². The van der Waals surface area contributed by atoms with Crippen molar-refractivity contribution in [2.75, 3.05) is 28.3 Å². The van der Waals surface area contributed by atoms with Crippen LogP contribution >= 0.6 is 0 Å². The molecule has 7 heteroatoms. The first-order chi connectivity index (χ1) is 12.0. The summed E-state index contributed by atoms with van der Waals surface area (Å²) in [5.74, 6) is 1.86. The van der Waals surface area contributed by atoms with Crippen molar-refractivity contribution >= 4 is 21.6 Å². The number of nitrogens with zero attached hydrogens (tertiary/aromatic N) is 3. The molecule has 6 nitrogen and oxygen atoms in total. The van der Waals surface area contributed by atoms with Gasteiger partial charge in [0, 0.05) is 30.9 Å². The Balaban J connectivity index is 1.54. The van der Waals surface area contributed by atoms with Crippen molar-refractivity contribution in [3.05, 3.63) is 47.2 Å². The maximum absolute atomic E-state index is 11.6. The molecule has 1 aromatic heterocycles. The molecule has 0 aliphatic carbocycles. The second kappa shape index (κ2) is 6.29. The molecule has 132 valence electrons. The van der Waals surface area contributed by atoms with Crippen molar-refractivity contribution < 1.29 is 8.42 Å². The van der Waals surface area contributed by atoms with Gasteiger partial charge in [-0.2, -0.15) is 4.98 Å². The van der Waals surface area contributed by atoms with E-state index >= 15 is 0 Å². The SMILES string of the molecule is Cc1cc(NC2CCS(=O)(=O)C2)nc(N2CCc3ccccc3C2)n1. The molecule has 1 atom stereocenters. The van der Waals surface area contributed by atoms with Crippen LogP contribution in [0.5, 0.6) is 0 Å². The zero-order valence-electron chi connectivity index (χ0n) is 14.3. The summed E-state index contributed by atoms with van der Waals surface area (Å²) in [5.41, 5.74) is 3.59. The van der Waals surface area contributed by atoms with Crippen LogP contribution in [-0.2, 0) is 22.8 Å². The maximum atomic E-state index is 11.6. The molecule has 1 saturated heterocycles. The molecule has 0 amide bonds. The Morgan fingerprint density at radius 2 is 2.00 bits per heavy atom. The molecule has 1 fully saturated rings.